The molecular weight excluding hydrogens is 615 g/mol. The number of rotatable bonds is 5. The first-order chi connectivity index (χ1) is 21.8. The Morgan fingerprint density at radius 2 is 1.89 bits per heavy atom. The number of pyridine rings is 1. The number of fused-ring (bicyclic) bond motifs is 3. The standard InChI is InChI=1S/C31H33F5N6O4/c1-29(2,45-17-31(34,35)36)23-15-38-26-22(9-8-18(16-42(23)26)19-5-3-7-21(32)24(19)33)39-27(43)41-13-10-30(11-14-41)20-6-4-12-37-25(20)40-28(44)46-30/h3-7,12,15,18,22H,8-11,13-14,16-17H2,1-2H3,(H,39,43)(H,37,40,44)/t18-,22-/m1/s1. The summed E-state index contributed by atoms with van der Waals surface area (Å²) in [6.45, 7) is 2.05. The molecule has 2 N–H and O–H groups in total. The molecule has 2 aromatic heterocycles. The number of carbonyl (C=O) groups excluding carboxylic acids is 2. The summed E-state index contributed by atoms with van der Waals surface area (Å²) < 4.78 is 81.1. The number of imidazole rings is 1. The number of hydrogen-bond donors (Lipinski definition) is 2. The third-order valence-corrected chi connectivity index (χ3v) is 9.00. The monoisotopic (exact) mass is 648 g/mol. The van der Waals surface area contributed by atoms with Gasteiger partial charge >= 0.3 is 18.3 Å². The average Bonchev–Trinajstić information content (AvgIpc) is 3.35. The normalized spacial score (nSPS) is 21.1. The van der Waals surface area contributed by atoms with Crippen molar-refractivity contribution < 1.29 is 41.0 Å². The highest BCUT2D eigenvalue weighted by Gasteiger charge is 2.46. The summed E-state index contributed by atoms with van der Waals surface area (Å²) in [5.74, 6) is -1.78. The van der Waals surface area contributed by atoms with Crippen LogP contribution in [0, 0.1) is 11.6 Å². The van der Waals surface area contributed by atoms with Crippen LogP contribution >= 0.6 is 0 Å². The number of hydrogen-bond acceptors (Lipinski definition) is 6. The predicted octanol–water partition coefficient (Wildman–Crippen LogP) is 6.25. The highest BCUT2D eigenvalue weighted by molar-refractivity contribution is 5.87. The molecule has 246 valence electrons. The number of alkyl halides is 3. The summed E-state index contributed by atoms with van der Waals surface area (Å²) in [5, 5.41) is 5.61. The first kappa shape index (κ1) is 31.7. The molecule has 1 aromatic carbocycles. The average molecular weight is 649 g/mol. The van der Waals surface area contributed by atoms with Gasteiger partial charge in [0.25, 0.3) is 0 Å². The van der Waals surface area contributed by atoms with Crippen LogP contribution < -0.4 is 10.6 Å². The van der Waals surface area contributed by atoms with Crippen LogP contribution in [0.4, 0.5) is 37.4 Å². The minimum atomic E-state index is -4.57. The number of piperidine rings is 1. The third-order valence-electron chi connectivity index (χ3n) is 9.00. The lowest BCUT2D eigenvalue weighted by molar-refractivity contribution is -0.202. The van der Waals surface area contributed by atoms with Crippen molar-refractivity contribution in [2.45, 2.75) is 75.4 Å². The maximum atomic E-state index is 15.0. The summed E-state index contributed by atoms with van der Waals surface area (Å²) in [6.07, 6.45) is -0.919. The van der Waals surface area contributed by atoms with Gasteiger partial charge in [-0.1, -0.05) is 12.1 Å². The number of likely N-dealkylation sites (tertiary alicyclic amines) is 1. The quantitative estimate of drug-likeness (QED) is 0.317. The first-order valence-electron chi connectivity index (χ1n) is 15.0. The van der Waals surface area contributed by atoms with Crippen molar-refractivity contribution in [1.29, 1.82) is 0 Å². The number of benzene rings is 1. The van der Waals surface area contributed by atoms with Crippen LogP contribution in [-0.2, 0) is 27.2 Å². The Morgan fingerprint density at radius 1 is 1.13 bits per heavy atom. The Hall–Kier alpha value is -4.27. The number of anilines is 1. The first-order valence-corrected chi connectivity index (χ1v) is 15.0. The number of halogens is 5. The van der Waals surface area contributed by atoms with Crippen molar-refractivity contribution in [2.24, 2.45) is 0 Å². The molecule has 1 fully saturated rings. The number of aromatic nitrogens is 3. The second kappa shape index (κ2) is 11.8. The Bertz CT molecular complexity index is 1640. The van der Waals surface area contributed by atoms with Crippen molar-refractivity contribution >= 4 is 17.9 Å². The van der Waals surface area contributed by atoms with E-state index in [9.17, 15) is 31.5 Å². The Morgan fingerprint density at radius 3 is 2.63 bits per heavy atom. The zero-order valence-electron chi connectivity index (χ0n) is 25.2. The zero-order chi connectivity index (χ0) is 32.9. The Kier molecular flexibility index (Phi) is 8.15. The fourth-order valence-electron chi connectivity index (χ4n) is 6.62. The van der Waals surface area contributed by atoms with E-state index in [2.05, 4.69) is 20.6 Å². The van der Waals surface area contributed by atoms with Crippen molar-refractivity contribution in [3.05, 3.63) is 77.0 Å². The number of ether oxygens (including phenoxy) is 2. The van der Waals surface area contributed by atoms with Crippen LogP contribution in [0.2, 0.25) is 0 Å². The van der Waals surface area contributed by atoms with Gasteiger partial charge in [0, 0.05) is 50.2 Å². The maximum Gasteiger partial charge on any atom is 0.413 e. The molecule has 5 heterocycles. The lowest BCUT2D eigenvalue weighted by Crippen LogP contribution is -2.52. The summed E-state index contributed by atoms with van der Waals surface area (Å²) >= 11 is 0. The predicted molar refractivity (Wildman–Crippen MR) is 154 cm³/mol. The second-order valence-corrected chi connectivity index (χ2v) is 12.3. The van der Waals surface area contributed by atoms with Gasteiger partial charge in [-0.2, -0.15) is 13.2 Å². The second-order valence-electron chi connectivity index (χ2n) is 12.3. The van der Waals surface area contributed by atoms with Crippen LogP contribution in [-0.4, -0.2) is 57.4 Å². The molecule has 3 aliphatic heterocycles. The van der Waals surface area contributed by atoms with Crippen LogP contribution in [0.25, 0.3) is 0 Å². The van der Waals surface area contributed by atoms with Crippen LogP contribution in [0.15, 0.2) is 42.7 Å². The summed E-state index contributed by atoms with van der Waals surface area (Å²) in [5.41, 5.74) is -1.23. The number of nitrogens with zero attached hydrogens (tertiary/aromatic N) is 4. The molecule has 0 unspecified atom stereocenters. The van der Waals surface area contributed by atoms with Crippen LogP contribution in [0.1, 0.15) is 74.1 Å². The van der Waals surface area contributed by atoms with Gasteiger partial charge in [0.05, 0.1) is 17.9 Å². The van der Waals surface area contributed by atoms with E-state index in [1.54, 1.807) is 21.7 Å². The molecule has 1 spiro atoms. The minimum Gasteiger partial charge on any atom is -0.437 e. The van der Waals surface area contributed by atoms with Gasteiger partial charge < -0.3 is 24.3 Å². The molecule has 1 saturated heterocycles. The van der Waals surface area contributed by atoms with Crippen molar-refractivity contribution in [3.8, 4) is 0 Å². The number of amides is 3. The topological polar surface area (TPSA) is 111 Å². The van der Waals surface area contributed by atoms with Crippen molar-refractivity contribution in [3.63, 3.8) is 0 Å². The van der Waals surface area contributed by atoms with E-state index in [0.29, 0.717) is 43.0 Å². The molecule has 0 saturated carbocycles. The number of nitrogens with one attached hydrogen (secondary N) is 2. The molecule has 0 aliphatic carbocycles. The maximum absolute atomic E-state index is 15.0. The molecule has 10 nitrogen and oxygen atoms in total. The lowest BCUT2D eigenvalue weighted by Gasteiger charge is -2.43. The van der Waals surface area contributed by atoms with Gasteiger partial charge in [-0.15, -0.1) is 0 Å². The zero-order valence-corrected chi connectivity index (χ0v) is 25.2. The fraction of sp³-hybridized carbons (Fsp3) is 0.484. The van der Waals surface area contributed by atoms with Crippen LogP contribution in [0.5, 0.6) is 0 Å². The minimum absolute atomic E-state index is 0.0787. The Labute approximate surface area is 261 Å². The molecule has 3 aromatic rings. The van der Waals surface area contributed by atoms with Crippen LogP contribution in [0.3, 0.4) is 0 Å². The van der Waals surface area contributed by atoms with Gasteiger partial charge in [0.15, 0.2) is 11.6 Å². The highest BCUT2D eigenvalue weighted by atomic mass is 19.4. The molecule has 3 amide bonds. The van der Waals surface area contributed by atoms with Crippen molar-refractivity contribution in [1.82, 2.24) is 24.8 Å². The van der Waals surface area contributed by atoms with Crippen molar-refractivity contribution in [2.75, 3.05) is 25.0 Å². The van der Waals surface area contributed by atoms with E-state index < -0.39 is 59.7 Å². The molecule has 3 aliphatic rings. The third kappa shape index (κ3) is 6.11. The highest BCUT2D eigenvalue weighted by Crippen LogP contribution is 2.43. The SMILES string of the molecule is CC(C)(OCC(F)(F)F)c1cnc2n1C[C@H](c1cccc(F)c1F)CC[C@H]2NC(=O)N1CCC2(CC1)OC(=O)Nc1ncccc12. The summed E-state index contributed by atoms with van der Waals surface area (Å²) in [6, 6.07) is 6.38. The van der Waals surface area contributed by atoms with Gasteiger partial charge in [-0.25, -0.2) is 28.3 Å². The number of carbonyl (C=O) groups is 2. The summed E-state index contributed by atoms with van der Waals surface area (Å²) in [7, 11) is 0. The largest absolute Gasteiger partial charge is 0.437 e. The van der Waals surface area contributed by atoms with E-state index in [0.717, 1.165) is 11.6 Å². The molecule has 0 bridgehead atoms. The molecule has 15 heteroatoms. The van der Waals surface area contributed by atoms with E-state index in [4.69, 9.17) is 9.47 Å². The number of urea groups is 1. The lowest BCUT2D eigenvalue weighted by atomic mass is 9.83. The van der Waals surface area contributed by atoms with E-state index in [-0.39, 0.29) is 25.2 Å². The summed E-state index contributed by atoms with van der Waals surface area (Å²) in [4.78, 5) is 36.2. The molecule has 46 heavy (non-hydrogen) atoms. The van der Waals surface area contributed by atoms with Gasteiger partial charge in [-0.3, -0.25) is 5.32 Å². The smallest absolute Gasteiger partial charge is 0.413 e. The Balaban J connectivity index is 1.24. The van der Waals surface area contributed by atoms with E-state index in [1.807, 2.05) is 6.07 Å². The molecule has 2 atom stereocenters. The van der Waals surface area contributed by atoms with E-state index >= 15 is 0 Å². The van der Waals surface area contributed by atoms with Gasteiger partial charge in [0.1, 0.15) is 29.5 Å². The molecule has 0 radical (unpaired) electrons. The molecule has 6 rings (SSSR count). The van der Waals surface area contributed by atoms with Gasteiger partial charge in [0.2, 0.25) is 0 Å². The molecular formula is C31H33F5N6O4. The van der Waals surface area contributed by atoms with Gasteiger partial charge in [-0.05, 0) is 50.5 Å². The fourth-order valence-corrected chi connectivity index (χ4v) is 6.62. The van der Waals surface area contributed by atoms with E-state index in [1.165, 1.54) is 32.2 Å².